The molecule has 1 fully saturated rings. The van der Waals surface area contributed by atoms with Gasteiger partial charge in [-0.3, -0.25) is 9.89 Å². The zero-order valence-corrected chi connectivity index (χ0v) is 16.4. The molecule has 5 nitrogen and oxygen atoms in total. The summed E-state index contributed by atoms with van der Waals surface area (Å²) in [5, 5.41) is 7.98. The summed E-state index contributed by atoms with van der Waals surface area (Å²) in [5.41, 5.74) is 4.87. The number of likely N-dealkylation sites (tertiary alicyclic amines) is 1. The molecule has 27 heavy (non-hydrogen) atoms. The predicted octanol–water partition coefficient (Wildman–Crippen LogP) is 4.54. The highest BCUT2D eigenvalue weighted by molar-refractivity contribution is 5.97. The van der Waals surface area contributed by atoms with Crippen molar-refractivity contribution in [1.82, 2.24) is 20.1 Å². The molecule has 0 saturated carbocycles. The SMILES string of the molecule is Cc1[nH]nc2ncc(C(=O)N3CCCC3c3ccc(C(C)(C)C)cc3)cc12. The number of H-pyrrole nitrogens is 1. The first-order valence-corrected chi connectivity index (χ1v) is 9.57. The number of hydrogen-bond donors (Lipinski definition) is 1. The van der Waals surface area contributed by atoms with Gasteiger partial charge in [0, 0.05) is 23.8 Å². The maximum Gasteiger partial charge on any atom is 0.255 e. The molecule has 1 aliphatic rings. The molecule has 1 aliphatic heterocycles. The van der Waals surface area contributed by atoms with Gasteiger partial charge in [-0.2, -0.15) is 5.10 Å². The number of benzene rings is 1. The van der Waals surface area contributed by atoms with Crippen molar-refractivity contribution in [3.8, 4) is 0 Å². The van der Waals surface area contributed by atoms with Crippen molar-refractivity contribution in [2.24, 2.45) is 0 Å². The molecular formula is C22H26N4O. The minimum Gasteiger partial charge on any atom is -0.332 e. The van der Waals surface area contributed by atoms with E-state index in [-0.39, 0.29) is 17.4 Å². The lowest BCUT2D eigenvalue weighted by Crippen LogP contribution is -2.30. The Kier molecular flexibility index (Phi) is 4.25. The van der Waals surface area contributed by atoms with Crippen molar-refractivity contribution in [2.75, 3.05) is 6.54 Å². The van der Waals surface area contributed by atoms with E-state index in [1.165, 1.54) is 11.1 Å². The summed E-state index contributed by atoms with van der Waals surface area (Å²) in [6.45, 7) is 9.38. The number of pyridine rings is 1. The number of amides is 1. The number of fused-ring (bicyclic) bond motifs is 1. The second-order valence-electron chi connectivity index (χ2n) is 8.47. The number of nitrogens with one attached hydrogen (secondary N) is 1. The second-order valence-corrected chi connectivity index (χ2v) is 8.47. The van der Waals surface area contributed by atoms with Crippen molar-refractivity contribution in [1.29, 1.82) is 0 Å². The second kappa shape index (κ2) is 6.48. The first-order valence-electron chi connectivity index (χ1n) is 9.57. The van der Waals surface area contributed by atoms with E-state index in [2.05, 4.69) is 60.2 Å². The Labute approximate surface area is 159 Å². The smallest absolute Gasteiger partial charge is 0.255 e. The Bertz CT molecular complexity index is 982. The van der Waals surface area contributed by atoms with Gasteiger partial charge in [-0.25, -0.2) is 4.98 Å². The summed E-state index contributed by atoms with van der Waals surface area (Å²) in [6, 6.07) is 10.8. The summed E-state index contributed by atoms with van der Waals surface area (Å²) >= 11 is 0. The number of carbonyl (C=O) groups excluding carboxylic acids is 1. The third-order valence-corrected chi connectivity index (χ3v) is 5.52. The summed E-state index contributed by atoms with van der Waals surface area (Å²) in [7, 11) is 0. The summed E-state index contributed by atoms with van der Waals surface area (Å²) in [4.78, 5) is 19.5. The van der Waals surface area contributed by atoms with Gasteiger partial charge in [-0.05, 0) is 42.4 Å². The standard InChI is InChI=1S/C22H26N4O/c1-14-18-12-16(13-23-20(18)25-24-14)21(27)26-11-5-6-19(26)15-7-9-17(10-8-15)22(2,3)4/h7-10,12-13,19H,5-6,11H2,1-4H3,(H,23,24,25). The molecule has 0 spiro atoms. The van der Waals surface area contributed by atoms with Crippen LogP contribution in [0.15, 0.2) is 36.5 Å². The van der Waals surface area contributed by atoms with Gasteiger partial charge >= 0.3 is 0 Å². The fourth-order valence-corrected chi connectivity index (χ4v) is 3.86. The number of aryl methyl sites for hydroxylation is 1. The lowest BCUT2D eigenvalue weighted by Gasteiger charge is -2.26. The number of aromatic nitrogens is 3. The van der Waals surface area contributed by atoms with Crippen LogP contribution in [0, 0.1) is 6.92 Å². The van der Waals surface area contributed by atoms with Crippen LogP contribution in [0.25, 0.3) is 11.0 Å². The number of rotatable bonds is 2. The highest BCUT2D eigenvalue weighted by atomic mass is 16.2. The normalized spacial score (nSPS) is 17.6. The van der Waals surface area contributed by atoms with Crippen molar-refractivity contribution in [3.05, 3.63) is 58.9 Å². The molecule has 1 amide bonds. The zero-order chi connectivity index (χ0) is 19.2. The highest BCUT2D eigenvalue weighted by Gasteiger charge is 2.31. The van der Waals surface area contributed by atoms with E-state index >= 15 is 0 Å². The third-order valence-electron chi connectivity index (χ3n) is 5.52. The van der Waals surface area contributed by atoms with E-state index in [0.29, 0.717) is 11.2 Å². The molecule has 140 valence electrons. The maximum absolute atomic E-state index is 13.2. The van der Waals surface area contributed by atoms with E-state index in [9.17, 15) is 4.79 Å². The monoisotopic (exact) mass is 362 g/mol. The molecule has 5 heteroatoms. The van der Waals surface area contributed by atoms with Gasteiger partial charge in [0.15, 0.2) is 5.65 Å². The Morgan fingerprint density at radius 2 is 1.96 bits per heavy atom. The largest absolute Gasteiger partial charge is 0.332 e. The lowest BCUT2D eigenvalue weighted by atomic mass is 9.86. The van der Waals surface area contributed by atoms with Gasteiger partial charge in [0.05, 0.1) is 11.6 Å². The van der Waals surface area contributed by atoms with Crippen LogP contribution in [-0.2, 0) is 5.41 Å². The van der Waals surface area contributed by atoms with Crippen molar-refractivity contribution in [2.45, 2.75) is 52.0 Å². The van der Waals surface area contributed by atoms with Crippen molar-refractivity contribution >= 4 is 16.9 Å². The highest BCUT2D eigenvalue weighted by Crippen LogP contribution is 2.34. The Balaban J connectivity index is 1.62. The molecule has 1 unspecified atom stereocenters. The van der Waals surface area contributed by atoms with Crippen LogP contribution in [-0.4, -0.2) is 32.5 Å². The van der Waals surface area contributed by atoms with Crippen LogP contribution in [0.2, 0.25) is 0 Å². The lowest BCUT2D eigenvalue weighted by molar-refractivity contribution is 0.0735. The van der Waals surface area contributed by atoms with Gasteiger partial charge < -0.3 is 4.90 Å². The summed E-state index contributed by atoms with van der Waals surface area (Å²) in [6.07, 6.45) is 3.67. The van der Waals surface area contributed by atoms with Gasteiger partial charge in [0.25, 0.3) is 5.91 Å². The van der Waals surface area contributed by atoms with Crippen LogP contribution in [0.1, 0.15) is 66.8 Å². The minimum absolute atomic E-state index is 0.0485. The Morgan fingerprint density at radius 1 is 1.22 bits per heavy atom. The molecule has 1 atom stereocenters. The molecule has 1 N–H and O–H groups in total. The van der Waals surface area contributed by atoms with Gasteiger partial charge in [0.1, 0.15) is 0 Å². The first kappa shape index (κ1) is 17.7. The van der Waals surface area contributed by atoms with E-state index in [1.54, 1.807) is 6.20 Å². The fraction of sp³-hybridized carbons (Fsp3) is 0.409. The predicted molar refractivity (Wildman–Crippen MR) is 107 cm³/mol. The number of hydrogen-bond acceptors (Lipinski definition) is 3. The van der Waals surface area contributed by atoms with Crippen molar-refractivity contribution < 1.29 is 4.79 Å². The molecule has 3 heterocycles. The molecule has 0 bridgehead atoms. The summed E-state index contributed by atoms with van der Waals surface area (Å²) in [5.74, 6) is 0.0485. The third kappa shape index (κ3) is 3.22. The molecular weight excluding hydrogens is 336 g/mol. The van der Waals surface area contributed by atoms with E-state index < -0.39 is 0 Å². The molecule has 1 aromatic carbocycles. The fourth-order valence-electron chi connectivity index (χ4n) is 3.86. The summed E-state index contributed by atoms with van der Waals surface area (Å²) < 4.78 is 0. The maximum atomic E-state index is 13.2. The first-order chi connectivity index (χ1) is 12.8. The Morgan fingerprint density at radius 3 is 2.67 bits per heavy atom. The average Bonchev–Trinajstić information content (AvgIpc) is 3.27. The van der Waals surface area contributed by atoms with Crippen LogP contribution in [0.5, 0.6) is 0 Å². The van der Waals surface area contributed by atoms with Gasteiger partial charge in [-0.15, -0.1) is 0 Å². The van der Waals surface area contributed by atoms with E-state index in [1.807, 2.05) is 17.9 Å². The number of aromatic amines is 1. The van der Waals surface area contributed by atoms with Crippen LogP contribution in [0.3, 0.4) is 0 Å². The van der Waals surface area contributed by atoms with E-state index in [0.717, 1.165) is 30.5 Å². The van der Waals surface area contributed by atoms with Gasteiger partial charge in [0.2, 0.25) is 0 Å². The van der Waals surface area contributed by atoms with Gasteiger partial charge in [-0.1, -0.05) is 45.0 Å². The zero-order valence-electron chi connectivity index (χ0n) is 16.4. The Hall–Kier alpha value is -2.69. The van der Waals surface area contributed by atoms with E-state index in [4.69, 9.17) is 0 Å². The molecule has 2 aromatic heterocycles. The average molecular weight is 362 g/mol. The minimum atomic E-state index is 0.0485. The molecule has 4 rings (SSSR count). The number of carbonyl (C=O) groups is 1. The molecule has 1 saturated heterocycles. The van der Waals surface area contributed by atoms with Crippen LogP contribution in [0.4, 0.5) is 0 Å². The molecule has 0 aliphatic carbocycles. The quantitative estimate of drug-likeness (QED) is 0.728. The van der Waals surface area contributed by atoms with Crippen molar-refractivity contribution in [3.63, 3.8) is 0 Å². The van der Waals surface area contributed by atoms with Crippen LogP contribution >= 0.6 is 0 Å². The molecule has 3 aromatic rings. The van der Waals surface area contributed by atoms with Crippen LogP contribution < -0.4 is 0 Å². The molecule has 0 radical (unpaired) electrons. The number of nitrogens with zero attached hydrogens (tertiary/aromatic N) is 3. The topological polar surface area (TPSA) is 61.9 Å².